The van der Waals surface area contributed by atoms with E-state index in [0.717, 1.165) is 50.5 Å². The van der Waals surface area contributed by atoms with Gasteiger partial charge >= 0.3 is 0 Å². The number of aromatic nitrogens is 2. The summed E-state index contributed by atoms with van der Waals surface area (Å²) in [5.41, 5.74) is 1.10. The van der Waals surface area contributed by atoms with Gasteiger partial charge in [0, 0.05) is 38.3 Å². The lowest BCUT2D eigenvalue weighted by molar-refractivity contribution is -0.117. The molecule has 24 heavy (non-hydrogen) atoms. The van der Waals surface area contributed by atoms with Crippen molar-refractivity contribution < 1.29 is 4.79 Å². The van der Waals surface area contributed by atoms with Crippen molar-refractivity contribution in [1.29, 1.82) is 0 Å². The standard InChI is InChI=1S/C18H21N5O/c24-18(14-4-5-14)21-16-7-6-15(13-20-16)22-9-11-23(12-10-22)17-3-1-2-8-19-17/h1-3,6-8,13-14H,4-5,9-12H2,(H,20,21,24). The molecule has 1 saturated carbocycles. The van der Waals surface area contributed by atoms with Crippen LogP contribution in [0.1, 0.15) is 12.8 Å². The topological polar surface area (TPSA) is 61.4 Å². The number of amides is 1. The first-order chi connectivity index (χ1) is 11.8. The molecule has 0 spiro atoms. The van der Waals surface area contributed by atoms with Gasteiger partial charge in [-0.2, -0.15) is 0 Å². The summed E-state index contributed by atoms with van der Waals surface area (Å²) in [5, 5.41) is 2.88. The molecule has 0 radical (unpaired) electrons. The first-order valence-corrected chi connectivity index (χ1v) is 8.47. The van der Waals surface area contributed by atoms with E-state index in [2.05, 4.69) is 31.2 Å². The van der Waals surface area contributed by atoms with Crippen LogP contribution in [0.2, 0.25) is 0 Å². The van der Waals surface area contributed by atoms with Crippen molar-refractivity contribution >= 4 is 23.2 Å². The van der Waals surface area contributed by atoms with Crippen LogP contribution in [-0.4, -0.2) is 42.1 Å². The van der Waals surface area contributed by atoms with Gasteiger partial charge in [-0.25, -0.2) is 9.97 Å². The smallest absolute Gasteiger partial charge is 0.228 e. The van der Waals surface area contributed by atoms with E-state index in [1.807, 2.05) is 36.7 Å². The first-order valence-electron chi connectivity index (χ1n) is 8.47. The summed E-state index contributed by atoms with van der Waals surface area (Å²) in [6.45, 7) is 3.76. The Morgan fingerprint density at radius 2 is 1.79 bits per heavy atom. The molecule has 1 amide bonds. The number of rotatable bonds is 4. The Bertz CT molecular complexity index is 691. The van der Waals surface area contributed by atoms with Crippen molar-refractivity contribution in [2.45, 2.75) is 12.8 Å². The number of hydrogen-bond donors (Lipinski definition) is 1. The lowest BCUT2D eigenvalue weighted by atomic mass is 10.2. The molecule has 2 aromatic rings. The first kappa shape index (κ1) is 14.9. The van der Waals surface area contributed by atoms with Crippen molar-refractivity contribution in [1.82, 2.24) is 9.97 Å². The Hall–Kier alpha value is -2.63. The number of anilines is 3. The van der Waals surface area contributed by atoms with Crippen LogP contribution in [0.3, 0.4) is 0 Å². The molecule has 124 valence electrons. The van der Waals surface area contributed by atoms with Gasteiger partial charge in [0.15, 0.2) is 0 Å². The minimum absolute atomic E-state index is 0.0965. The molecule has 6 heteroatoms. The molecule has 4 rings (SSSR count). The van der Waals surface area contributed by atoms with Crippen molar-refractivity contribution in [3.05, 3.63) is 42.7 Å². The number of piperazine rings is 1. The highest BCUT2D eigenvalue weighted by atomic mass is 16.2. The fraction of sp³-hybridized carbons (Fsp3) is 0.389. The summed E-state index contributed by atoms with van der Waals surface area (Å²) in [6, 6.07) is 9.93. The molecule has 0 unspecified atom stereocenters. The number of nitrogens with one attached hydrogen (secondary N) is 1. The number of carbonyl (C=O) groups is 1. The van der Waals surface area contributed by atoms with E-state index >= 15 is 0 Å². The van der Waals surface area contributed by atoms with Gasteiger partial charge in [0.05, 0.1) is 11.9 Å². The molecule has 1 aliphatic carbocycles. The molecular formula is C18H21N5O. The maximum atomic E-state index is 11.8. The van der Waals surface area contributed by atoms with E-state index in [4.69, 9.17) is 0 Å². The van der Waals surface area contributed by atoms with Gasteiger partial charge in [-0.15, -0.1) is 0 Å². The molecule has 1 N–H and O–H groups in total. The third-order valence-corrected chi connectivity index (χ3v) is 4.57. The summed E-state index contributed by atoms with van der Waals surface area (Å²) in [5.74, 6) is 1.97. The van der Waals surface area contributed by atoms with Crippen molar-refractivity contribution in [3.8, 4) is 0 Å². The Kier molecular flexibility index (Phi) is 4.02. The van der Waals surface area contributed by atoms with Crippen LogP contribution in [0.25, 0.3) is 0 Å². The highest BCUT2D eigenvalue weighted by Crippen LogP contribution is 2.30. The van der Waals surface area contributed by atoms with Crippen LogP contribution in [-0.2, 0) is 4.79 Å². The molecule has 0 atom stereocenters. The fourth-order valence-corrected chi connectivity index (χ4v) is 2.96. The Labute approximate surface area is 141 Å². The maximum absolute atomic E-state index is 11.8. The Morgan fingerprint density at radius 1 is 1.00 bits per heavy atom. The second kappa shape index (κ2) is 6.47. The Morgan fingerprint density at radius 3 is 2.42 bits per heavy atom. The minimum Gasteiger partial charge on any atom is -0.367 e. The lowest BCUT2D eigenvalue weighted by Gasteiger charge is -2.36. The molecule has 0 bridgehead atoms. The molecule has 1 saturated heterocycles. The average molecular weight is 323 g/mol. The number of hydrogen-bond acceptors (Lipinski definition) is 5. The van der Waals surface area contributed by atoms with Gasteiger partial charge in [0.1, 0.15) is 11.6 Å². The second-order valence-electron chi connectivity index (χ2n) is 6.33. The monoisotopic (exact) mass is 323 g/mol. The molecule has 6 nitrogen and oxygen atoms in total. The lowest BCUT2D eigenvalue weighted by Crippen LogP contribution is -2.46. The van der Waals surface area contributed by atoms with Gasteiger partial charge in [-0.1, -0.05) is 6.07 Å². The zero-order chi connectivity index (χ0) is 16.4. The van der Waals surface area contributed by atoms with Crippen LogP contribution >= 0.6 is 0 Å². The van der Waals surface area contributed by atoms with Crippen molar-refractivity contribution in [2.75, 3.05) is 41.3 Å². The Balaban J connectivity index is 1.34. The minimum atomic E-state index is 0.0965. The quantitative estimate of drug-likeness (QED) is 0.934. The molecule has 3 heterocycles. The van der Waals surface area contributed by atoms with Crippen molar-refractivity contribution in [2.24, 2.45) is 5.92 Å². The molecule has 2 aliphatic rings. The summed E-state index contributed by atoms with van der Waals surface area (Å²) in [6.07, 6.45) is 5.69. The average Bonchev–Trinajstić information content (AvgIpc) is 3.49. The molecule has 2 aromatic heterocycles. The van der Waals surface area contributed by atoms with Crippen molar-refractivity contribution in [3.63, 3.8) is 0 Å². The van der Waals surface area contributed by atoms with E-state index in [9.17, 15) is 4.79 Å². The summed E-state index contributed by atoms with van der Waals surface area (Å²) in [4.78, 5) is 25.2. The van der Waals surface area contributed by atoms with Gasteiger partial charge < -0.3 is 15.1 Å². The van der Waals surface area contributed by atoms with Gasteiger partial charge in [-0.3, -0.25) is 4.79 Å². The zero-order valence-electron chi connectivity index (χ0n) is 13.6. The number of pyridine rings is 2. The third kappa shape index (κ3) is 3.32. The summed E-state index contributed by atoms with van der Waals surface area (Å²) in [7, 11) is 0. The number of nitrogens with zero attached hydrogens (tertiary/aromatic N) is 4. The molecule has 0 aromatic carbocycles. The van der Waals surface area contributed by atoms with E-state index in [1.165, 1.54) is 0 Å². The van der Waals surface area contributed by atoms with Crippen LogP contribution in [0.4, 0.5) is 17.3 Å². The summed E-state index contributed by atoms with van der Waals surface area (Å²) >= 11 is 0. The fourth-order valence-electron chi connectivity index (χ4n) is 2.96. The number of carbonyl (C=O) groups excluding carboxylic acids is 1. The molecule has 1 aliphatic heterocycles. The van der Waals surface area contributed by atoms with E-state index in [0.29, 0.717) is 5.82 Å². The predicted molar refractivity (Wildman–Crippen MR) is 94.3 cm³/mol. The predicted octanol–water partition coefficient (Wildman–Crippen LogP) is 2.15. The second-order valence-corrected chi connectivity index (χ2v) is 6.33. The zero-order valence-corrected chi connectivity index (χ0v) is 13.6. The third-order valence-electron chi connectivity index (χ3n) is 4.57. The van der Waals surface area contributed by atoms with Crippen LogP contribution in [0.5, 0.6) is 0 Å². The maximum Gasteiger partial charge on any atom is 0.228 e. The van der Waals surface area contributed by atoms with E-state index in [1.54, 1.807) is 0 Å². The normalized spacial score (nSPS) is 17.7. The van der Waals surface area contributed by atoms with Gasteiger partial charge in [0.2, 0.25) is 5.91 Å². The van der Waals surface area contributed by atoms with Gasteiger partial charge in [0.25, 0.3) is 0 Å². The van der Waals surface area contributed by atoms with E-state index in [-0.39, 0.29) is 11.8 Å². The summed E-state index contributed by atoms with van der Waals surface area (Å²) < 4.78 is 0. The molecular weight excluding hydrogens is 302 g/mol. The van der Waals surface area contributed by atoms with Gasteiger partial charge in [-0.05, 0) is 37.1 Å². The van der Waals surface area contributed by atoms with Crippen LogP contribution < -0.4 is 15.1 Å². The highest BCUT2D eigenvalue weighted by Gasteiger charge is 2.29. The SMILES string of the molecule is O=C(Nc1ccc(N2CCN(c3ccccn3)CC2)cn1)C1CC1. The van der Waals surface area contributed by atoms with E-state index < -0.39 is 0 Å². The van der Waals surface area contributed by atoms with Crippen LogP contribution in [0.15, 0.2) is 42.7 Å². The molecule has 2 fully saturated rings. The largest absolute Gasteiger partial charge is 0.367 e. The van der Waals surface area contributed by atoms with Crippen LogP contribution in [0, 0.1) is 5.92 Å². The highest BCUT2D eigenvalue weighted by molar-refractivity contribution is 5.93.